The van der Waals surface area contributed by atoms with Crippen molar-refractivity contribution in [1.82, 2.24) is 9.91 Å². The molecule has 0 atom stereocenters. The number of hydrogen-bond acceptors (Lipinski definition) is 3. The Morgan fingerprint density at radius 2 is 1.58 bits per heavy atom. The SMILES string of the molecule is Clc1ccccc1/C=N\N1CCN(Cc2cccc3ccccc23)CC1. The molecule has 1 saturated heterocycles. The highest BCUT2D eigenvalue weighted by Gasteiger charge is 2.16. The first-order chi connectivity index (χ1) is 12.8. The normalized spacial score (nSPS) is 15.8. The molecular formula is C22H22ClN3. The predicted molar refractivity (Wildman–Crippen MR) is 110 cm³/mol. The minimum Gasteiger partial charge on any atom is -0.295 e. The van der Waals surface area contributed by atoms with Gasteiger partial charge < -0.3 is 0 Å². The molecule has 0 spiro atoms. The Morgan fingerprint density at radius 1 is 0.846 bits per heavy atom. The van der Waals surface area contributed by atoms with Gasteiger partial charge in [0.15, 0.2) is 0 Å². The third kappa shape index (κ3) is 3.90. The minimum absolute atomic E-state index is 0.742. The fraction of sp³-hybridized carbons (Fsp3) is 0.227. The lowest BCUT2D eigenvalue weighted by Gasteiger charge is -2.33. The first kappa shape index (κ1) is 17.1. The predicted octanol–water partition coefficient (Wildman–Crippen LogP) is 4.64. The van der Waals surface area contributed by atoms with E-state index in [9.17, 15) is 0 Å². The van der Waals surface area contributed by atoms with Gasteiger partial charge in [0.05, 0.1) is 6.21 Å². The van der Waals surface area contributed by atoms with Gasteiger partial charge in [-0.3, -0.25) is 9.91 Å². The van der Waals surface area contributed by atoms with E-state index in [2.05, 4.69) is 57.5 Å². The zero-order valence-electron chi connectivity index (χ0n) is 14.7. The maximum Gasteiger partial charge on any atom is 0.0557 e. The molecule has 0 saturated carbocycles. The average molecular weight is 364 g/mol. The van der Waals surface area contributed by atoms with Crippen molar-refractivity contribution >= 4 is 28.6 Å². The van der Waals surface area contributed by atoms with E-state index in [4.69, 9.17) is 11.6 Å². The Hall–Kier alpha value is -2.36. The summed E-state index contributed by atoms with van der Waals surface area (Å²) in [5.74, 6) is 0. The summed E-state index contributed by atoms with van der Waals surface area (Å²) in [6.45, 7) is 4.90. The van der Waals surface area contributed by atoms with Crippen LogP contribution in [-0.4, -0.2) is 42.3 Å². The molecule has 0 N–H and O–H groups in total. The quantitative estimate of drug-likeness (QED) is 0.628. The van der Waals surface area contributed by atoms with Crippen LogP contribution in [0.4, 0.5) is 0 Å². The van der Waals surface area contributed by atoms with Crippen LogP contribution in [0, 0.1) is 0 Å². The van der Waals surface area contributed by atoms with Crippen molar-refractivity contribution in [2.24, 2.45) is 5.10 Å². The summed E-state index contributed by atoms with van der Waals surface area (Å²) in [5, 5.41) is 10.1. The van der Waals surface area contributed by atoms with Gasteiger partial charge in [0.1, 0.15) is 0 Å². The molecule has 3 aromatic rings. The molecule has 132 valence electrons. The summed E-state index contributed by atoms with van der Waals surface area (Å²) >= 11 is 6.19. The van der Waals surface area contributed by atoms with Crippen LogP contribution in [0.25, 0.3) is 10.8 Å². The van der Waals surface area contributed by atoms with Crippen molar-refractivity contribution in [3.63, 3.8) is 0 Å². The monoisotopic (exact) mass is 363 g/mol. The summed E-state index contributed by atoms with van der Waals surface area (Å²) in [4.78, 5) is 2.50. The summed E-state index contributed by atoms with van der Waals surface area (Å²) in [7, 11) is 0. The van der Waals surface area contributed by atoms with Crippen molar-refractivity contribution in [1.29, 1.82) is 0 Å². The first-order valence-corrected chi connectivity index (χ1v) is 9.40. The molecule has 4 rings (SSSR count). The second kappa shape index (κ2) is 7.90. The highest BCUT2D eigenvalue weighted by atomic mass is 35.5. The number of benzene rings is 3. The van der Waals surface area contributed by atoms with Gasteiger partial charge in [0.2, 0.25) is 0 Å². The Kier molecular flexibility index (Phi) is 5.19. The fourth-order valence-electron chi connectivity index (χ4n) is 3.41. The first-order valence-electron chi connectivity index (χ1n) is 9.02. The molecule has 3 nitrogen and oxygen atoms in total. The van der Waals surface area contributed by atoms with Crippen molar-refractivity contribution in [3.8, 4) is 0 Å². The van der Waals surface area contributed by atoms with E-state index in [1.807, 2.05) is 30.5 Å². The Bertz CT molecular complexity index is 909. The van der Waals surface area contributed by atoms with E-state index in [0.717, 1.165) is 43.3 Å². The van der Waals surface area contributed by atoms with Gasteiger partial charge in [-0.15, -0.1) is 0 Å². The lowest BCUT2D eigenvalue weighted by molar-refractivity contribution is 0.131. The number of hydrazone groups is 1. The van der Waals surface area contributed by atoms with Crippen LogP contribution in [0.1, 0.15) is 11.1 Å². The number of rotatable bonds is 4. The Labute approximate surface area is 159 Å². The van der Waals surface area contributed by atoms with Crippen LogP contribution < -0.4 is 0 Å². The molecule has 0 radical (unpaired) electrons. The van der Waals surface area contributed by atoms with Crippen molar-refractivity contribution < 1.29 is 0 Å². The molecule has 0 amide bonds. The van der Waals surface area contributed by atoms with Crippen molar-refractivity contribution in [2.45, 2.75) is 6.54 Å². The van der Waals surface area contributed by atoms with E-state index in [0.29, 0.717) is 0 Å². The van der Waals surface area contributed by atoms with E-state index >= 15 is 0 Å². The molecule has 26 heavy (non-hydrogen) atoms. The van der Waals surface area contributed by atoms with E-state index in [1.54, 1.807) is 0 Å². The Morgan fingerprint density at radius 3 is 2.42 bits per heavy atom. The number of hydrogen-bond donors (Lipinski definition) is 0. The topological polar surface area (TPSA) is 18.8 Å². The molecule has 1 aliphatic rings. The molecule has 1 fully saturated rings. The molecule has 0 bridgehead atoms. The molecule has 4 heteroatoms. The standard InChI is InChI=1S/C22H22ClN3/c23-22-11-4-2-7-19(22)16-24-26-14-12-25(13-15-26)17-20-9-5-8-18-6-1-3-10-21(18)20/h1-11,16H,12-15,17H2/b24-16-. The third-order valence-corrected chi connectivity index (χ3v) is 5.23. The van der Waals surface area contributed by atoms with Crippen molar-refractivity contribution in [2.75, 3.05) is 26.2 Å². The third-order valence-electron chi connectivity index (χ3n) is 4.89. The average Bonchev–Trinajstić information content (AvgIpc) is 2.69. The van der Waals surface area contributed by atoms with E-state index in [1.165, 1.54) is 16.3 Å². The minimum atomic E-state index is 0.742. The largest absolute Gasteiger partial charge is 0.295 e. The van der Waals surface area contributed by atoms with E-state index in [-0.39, 0.29) is 0 Å². The van der Waals surface area contributed by atoms with Gasteiger partial charge in [0, 0.05) is 43.3 Å². The highest BCUT2D eigenvalue weighted by Crippen LogP contribution is 2.20. The zero-order valence-corrected chi connectivity index (χ0v) is 15.4. The number of fused-ring (bicyclic) bond motifs is 1. The lowest BCUT2D eigenvalue weighted by atomic mass is 10.0. The summed E-state index contributed by atoms with van der Waals surface area (Å²) in [5.41, 5.74) is 2.36. The van der Waals surface area contributed by atoms with E-state index < -0.39 is 0 Å². The Balaban J connectivity index is 1.37. The van der Waals surface area contributed by atoms with Crippen LogP contribution in [0.15, 0.2) is 71.8 Å². The van der Waals surface area contributed by atoms with Gasteiger partial charge in [-0.05, 0) is 22.4 Å². The summed E-state index contributed by atoms with van der Waals surface area (Å²) in [6, 6.07) is 23.0. The number of piperazine rings is 1. The van der Waals surface area contributed by atoms with Gasteiger partial charge >= 0.3 is 0 Å². The molecule has 1 heterocycles. The molecular weight excluding hydrogens is 342 g/mol. The molecule has 0 aromatic heterocycles. The highest BCUT2D eigenvalue weighted by molar-refractivity contribution is 6.33. The van der Waals surface area contributed by atoms with Crippen LogP contribution >= 0.6 is 11.6 Å². The number of nitrogens with zero attached hydrogens (tertiary/aromatic N) is 3. The maximum atomic E-state index is 6.19. The van der Waals surface area contributed by atoms with Crippen LogP contribution in [0.5, 0.6) is 0 Å². The molecule has 1 aliphatic heterocycles. The second-order valence-electron chi connectivity index (χ2n) is 6.63. The maximum absolute atomic E-state index is 6.19. The molecule has 0 aliphatic carbocycles. The van der Waals surface area contributed by atoms with Crippen LogP contribution in [-0.2, 0) is 6.54 Å². The second-order valence-corrected chi connectivity index (χ2v) is 7.04. The summed E-state index contributed by atoms with van der Waals surface area (Å²) < 4.78 is 0. The number of halogens is 1. The lowest BCUT2D eigenvalue weighted by Crippen LogP contribution is -2.43. The van der Waals surface area contributed by atoms with Gasteiger partial charge in [0.25, 0.3) is 0 Å². The van der Waals surface area contributed by atoms with Crippen molar-refractivity contribution in [3.05, 3.63) is 82.9 Å². The van der Waals surface area contributed by atoms with Gasteiger partial charge in [-0.25, -0.2) is 0 Å². The fourth-order valence-corrected chi connectivity index (χ4v) is 3.59. The van der Waals surface area contributed by atoms with Gasteiger partial charge in [-0.1, -0.05) is 72.3 Å². The zero-order chi connectivity index (χ0) is 17.8. The molecule has 0 unspecified atom stereocenters. The summed E-state index contributed by atoms with van der Waals surface area (Å²) in [6.07, 6.45) is 1.86. The molecule has 3 aromatic carbocycles. The van der Waals surface area contributed by atoms with Crippen LogP contribution in [0.2, 0.25) is 5.02 Å². The van der Waals surface area contributed by atoms with Crippen LogP contribution in [0.3, 0.4) is 0 Å². The smallest absolute Gasteiger partial charge is 0.0557 e. The van der Waals surface area contributed by atoms with Gasteiger partial charge in [-0.2, -0.15) is 5.10 Å².